The maximum Gasteiger partial charge on any atom is 0.243 e. The van der Waals surface area contributed by atoms with Gasteiger partial charge in [-0.05, 0) is 17.7 Å². The van der Waals surface area contributed by atoms with Crippen molar-refractivity contribution >= 4 is 37.3 Å². The highest BCUT2D eigenvalue weighted by Gasteiger charge is 2.22. The molecule has 7 heteroatoms. The van der Waals surface area contributed by atoms with E-state index in [1.165, 1.54) is 21.7 Å². The minimum absolute atomic E-state index is 0.145. The molecule has 20 heavy (non-hydrogen) atoms. The van der Waals surface area contributed by atoms with Gasteiger partial charge in [-0.3, -0.25) is 0 Å². The van der Waals surface area contributed by atoms with Crippen LogP contribution in [0.5, 0.6) is 0 Å². The highest BCUT2D eigenvalue weighted by atomic mass is 79.9. The zero-order valence-electron chi connectivity index (χ0n) is 10.8. The molecule has 0 radical (unpaired) electrons. The number of hydrogen-bond donors (Lipinski definition) is 1. The SMILES string of the molecule is CN(Cc1ccccc1Br)S(=O)(=O)c1csc(CO)c1. The van der Waals surface area contributed by atoms with Crippen LogP contribution in [0, 0.1) is 0 Å². The molecule has 1 N–H and O–H groups in total. The van der Waals surface area contributed by atoms with E-state index in [1.807, 2.05) is 24.3 Å². The highest BCUT2D eigenvalue weighted by molar-refractivity contribution is 9.10. The van der Waals surface area contributed by atoms with Gasteiger partial charge in [-0.2, -0.15) is 4.31 Å². The molecule has 0 bridgehead atoms. The first-order valence-corrected chi connectivity index (χ1v) is 8.94. The summed E-state index contributed by atoms with van der Waals surface area (Å²) in [7, 11) is -1.98. The van der Waals surface area contributed by atoms with E-state index in [2.05, 4.69) is 15.9 Å². The lowest BCUT2D eigenvalue weighted by molar-refractivity contribution is 0.285. The summed E-state index contributed by atoms with van der Waals surface area (Å²) in [4.78, 5) is 0.860. The van der Waals surface area contributed by atoms with Crippen LogP contribution in [0.25, 0.3) is 0 Å². The summed E-state index contributed by atoms with van der Waals surface area (Å²) in [5, 5.41) is 10.6. The Morgan fingerprint density at radius 3 is 2.65 bits per heavy atom. The molecule has 0 saturated carbocycles. The lowest BCUT2D eigenvalue weighted by Crippen LogP contribution is -2.26. The van der Waals surface area contributed by atoms with Crippen molar-refractivity contribution in [3.63, 3.8) is 0 Å². The first-order valence-electron chi connectivity index (χ1n) is 5.83. The molecule has 1 aromatic heterocycles. The maximum atomic E-state index is 12.4. The van der Waals surface area contributed by atoms with E-state index in [1.54, 1.807) is 12.4 Å². The minimum atomic E-state index is -3.53. The molecule has 0 spiro atoms. The van der Waals surface area contributed by atoms with E-state index >= 15 is 0 Å². The van der Waals surface area contributed by atoms with Gasteiger partial charge < -0.3 is 5.11 Å². The van der Waals surface area contributed by atoms with Gasteiger partial charge in [0.15, 0.2) is 0 Å². The predicted octanol–water partition coefficient (Wildman–Crippen LogP) is 2.82. The topological polar surface area (TPSA) is 57.6 Å². The molecule has 0 amide bonds. The van der Waals surface area contributed by atoms with Gasteiger partial charge in [0, 0.05) is 28.3 Å². The Morgan fingerprint density at radius 1 is 1.35 bits per heavy atom. The van der Waals surface area contributed by atoms with Gasteiger partial charge in [0.2, 0.25) is 10.0 Å². The maximum absolute atomic E-state index is 12.4. The number of benzene rings is 1. The second-order valence-electron chi connectivity index (χ2n) is 4.26. The summed E-state index contributed by atoms with van der Waals surface area (Å²) < 4.78 is 27.0. The van der Waals surface area contributed by atoms with E-state index in [4.69, 9.17) is 5.11 Å². The van der Waals surface area contributed by atoms with Crippen LogP contribution < -0.4 is 0 Å². The molecular weight excluding hydrogens is 362 g/mol. The van der Waals surface area contributed by atoms with Crippen molar-refractivity contribution in [1.29, 1.82) is 0 Å². The van der Waals surface area contributed by atoms with E-state index in [0.29, 0.717) is 4.88 Å². The van der Waals surface area contributed by atoms with E-state index in [-0.39, 0.29) is 18.0 Å². The van der Waals surface area contributed by atoms with Crippen LogP contribution in [0.1, 0.15) is 10.4 Å². The second-order valence-corrected chi connectivity index (χ2v) is 8.15. The van der Waals surface area contributed by atoms with Gasteiger partial charge in [-0.1, -0.05) is 34.1 Å². The molecule has 0 aliphatic rings. The summed E-state index contributed by atoms with van der Waals surface area (Å²) in [5.41, 5.74) is 0.899. The number of aliphatic hydroxyl groups is 1. The van der Waals surface area contributed by atoms with Gasteiger partial charge in [-0.25, -0.2) is 8.42 Å². The van der Waals surface area contributed by atoms with Gasteiger partial charge in [0.05, 0.1) is 11.5 Å². The molecule has 0 aliphatic carbocycles. The van der Waals surface area contributed by atoms with Gasteiger partial charge in [-0.15, -0.1) is 11.3 Å². The third-order valence-corrected chi connectivity index (χ3v) is 6.47. The van der Waals surface area contributed by atoms with Crippen LogP contribution in [0.2, 0.25) is 0 Å². The molecular formula is C13H14BrNO3S2. The molecule has 1 heterocycles. The van der Waals surface area contributed by atoms with Crippen molar-refractivity contribution in [2.75, 3.05) is 7.05 Å². The number of rotatable bonds is 5. The molecule has 2 rings (SSSR count). The van der Waals surface area contributed by atoms with Gasteiger partial charge >= 0.3 is 0 Å². The Kier molecular flexibility index (Phi) is 4.98. The molecule has 0 fully saturated rings. The Labute approximate surface area is 130 Å². The zero-order chi connectivity index (χ0) is 14.8. The number of halogens is 1. The van der Waals surface area contributed by atoms with E-state index in [0.717, 1.165) is 10.0 Å². The van der Waals surface area contributed by atoms with Gasteiger partial charge in [0.25, 0.3) is 0 Å². The number of aliphatic hydroxyl groups excluding tert-OH is 1. The Hall–Kier alpha value is -0.730. The number of nitrogens with zero attached hydrogens (tertiary/aromatic N) is 1. The summed E-state index contributed by atoms with van der Waals surface area (Å²) in [5.74, 6) is 0. The van der Waals surface area contributed by atoms with Crippen LogP contribution in [0.3, 0.4) is 0 Å². The second kappa shape index (κ2) is 6.36. The summed E-state index contributed by atoms with van der Waals surface area (Å²) >= 11 is 4.65. The monoisotopic (exact) mass is 375 g/mol. The molecule has 2 aromatic rings. The van der Waals surface area contributed by atoms with Crippen LogP contribution in [0.4, 0.5) is 0 Å². The molecule has 4 nitrogen and oxygen atoms in total. The third kappa shape index (κ3) is 3.29. The number of hydrogen-bond acceptors (Lipinski definition) is 4. The van der Waals surface area contributed by atoms with Crippen molar-refractivity contribution < 1.29 is 13.5 Å². The normalized spacial score (nSPS) is 12.0. The van der Waals surface area contributed by atoms with Crippen LogP contribution >= 0.6 is 27.3 Å². The molecule has 1 aromatic carbocycles. The fourth-order valence-electron chi connectivity index (χ4n) is 1.71. The molecule has 108 valence electrons. The third-order valence-electron chi connectivity index (χ3n) is 2.84. The molecule has 0 aliphatic heterocycles. The highest BCUT2D eigenvalue weighted by Crippen LogP contribution is 2.24. The van der Waals surface area contributed by atoms with Crippen molar-refractivity contribution in [2.45, 2.75) is 18.0 Å². The summed E-state index contributed by atoms with van der Waals surface area (Å²) in [6, 6.07) is 9.02. The van der Waals surface area contributed by atoms with Crippen LogP contribution in [-0.2, 0) is 23.2 Å². The van der Waals surface area contributed by atoms with Gasteiger partial charge in [0.1, 0.15) is 0 Å². The molecule has 0 saturated heterocycles. The lowest BCUT2D eigenvalue weighted by Gasteiger charge is -2.17. The van der Waals surface area contributed by atoms with Crippen molar-refractivity contribution in [3.8, 4) is 0 Å². The lowest BCUT2D eigenvalue weighted by atomic mass is 10.2. The molecule has 0 unspecified atom stereocenters. The molecule has 0 atom stereocenters. The minimum Gasteiger partial charge on any atom is -0.391 e. The Balaban J connectivity index is 2.23. The van der Waals surface area contributed by atoms with Crippen molar-refractivity contribution in [1.82, 2.24) is 4.31 Å². The quantitative estimate of drug-likeness (QED) is 0.873. The van der Waals surface area contributed by atoms with Crippen molar-refractivity contribution in [2.24, 2.45) is 0 Å². The predicted molar refractivity (Wildman–Crippen MR) is 83.0 cm³/mol. The number of thiophene rings is 1. The van der Waals surface area contributed by atoms with Crippen molar-refractivity contribution in [3.05, 3.63) is 50.6 Å². The summed E-state index contributed by atoms with van der Waals surface area (Å²) in [6.45, 7) is 0.141. The fourth-order valence-corrected chi connectivity index (χ4v) is 4.39. The summed E-state index contributed by atoms with van der Waals surface area (Å²) in [6.07, 6.45) is 0. The van der Waals surface area contributed by atoms with Crippen LogP contribution in [0.15, 0.2) is 45.1 Å². The van der Waals surface area contributed by atoms with E-state index in [9.17, 15) is 8.42 Å². The Bertz CT molecular complexity index is 697. The van der Waals surface area contributed by atoms with E-state index < -0.39 is 10.0 Å². The Morgan fingerprint density at radius 2 is 2.05 bits per heavy atom. The smallest absolute Gasteiger partial charge is 0.243 e. The average Bonchev–Trinajstić information content (AvgIpc) is 2.90. The van der Waals surface area contributed by atoms with Crippen LogP contribution in [-0.4, -0.2) is 24.9 Å². The average molecular weight is 376 g/mol. The fraction of sp³-hybridized carbons (Fsp3) is 0.231. The largest absolute Gasteiger partial charge is 0.391 e. The first kappa shape index (κ1) is 15.7. The standard InChI is InChI=1S/C13H14BrNO3S2/c1-15(7-10-4-2-3-5-13(10)14)20(17,18)12-6-11(8-16)19-9-12/h2-6,9,16H,7-8H2,1H3. The number of sulfonamides is 1. The first-order chi connectivity index (χ1) is 9.45. The zero-order valence-corrected chi connectivity index (χ0v) is 14.0.